The average Bonchev–Trinajstić information content (AvgIpc) is 2.69. The Morgan fingerprint density at radius 3 is 2.75 bits per heavy atom. The first-order chi connectivity index (χ1) is 7.59. The first-order valence-electron chi connectivity index (χ1n) is 5.51. The maximum absolute atomic E-state index is 11.7. The maximum Gasteiger partial charge on any atom is 0.261 e. The minimum absolute atomic E-state index is 0.0179. The first kappa shape index (κ1) is 13.2. The van der Waals surface area contributed by atoms with E-state index in [4.69, 9.17) is 4.74 Å². The van der Waals surface area contributed by atoms with Gasteiger partial charge in [-0.15, -0.1) is 11.3 Å². The Labute approximate surface area is 101 Å². The van der Waals surface area contributed by atoms with E-state index in [1.807, 2.05) is 24.4 Å². The molecule has 0 radical (unpaired) electrons. The summed E-state index contributed by atoms with van der Waals surface area (Å²) in [4.78, 5) is 12.4. The molecule has 4 heteroatoms. The number of rotatable bonds is 6. The maximum atomic E-state index is 11.7. The van der Waals surface area contributed by atoms with Crippen LogP contribution in [0, 0.1) is 5.92 Å². The summed E-state index contributed by atoms with van der Waals surface area (Å²) < 4.78 is 5.46. The third-order valence-electron chi connectivity index (χ3n) is 1.94. The van der Waals surface area contributed by atoms with Crippen molar-refractivity contribution < 1.29 is 9.53 Å². The molecular weight excluding hydrogens is 222 g/mol. The van der Waals surface area contributed by atoms with Gasteiger partial charge in [0.1, 0.15) is 0 Å². The van der Waals surface area contributed by atoms with Crippen molar-refractivity contribution in [3.63, 3.8) is 0 Å². The van der Waals surface area contributed by atoms with Gasteiger partial charge >= 0.3 is 0 Å². The number of hydrogen-bond donors (Lipinski definition) is 1. The van der Waals surface area contributed by atoms with Gasteiger partial charge in [0, 0.05) is 12.6 Å². The molecule has 16 heavy (non-hydrogen) atoms. The van der Waals surface area contributed by atoms with Crippen molar-refractivity contribution in [3.05, 3.63) is 22.4 Å². The Kier molecular flexibility index (Phi) is 5.49. The lowest BCUT2D eigenvalue weighted by Crippen LogP contribution is -2.35. The molecule has 0 aliphatic rings. The van der Waals surface area contributed by atoms with Crippen LogP contribution in [0.1, 0.15) is 30.4 Å². The summed E-state index contributed by atoms with van der Waals surface area (Å²) in [5.41, 5.74) is 0. The standard InChI is InChI=1S/C12H19NO2S/c1-9(2)7-15-8-10(3)13-12(14)11-5-4-6-16-11/h4-6,9-10H,7-8H2,1-3H3,(H,13,14). The molecule has 1 rings (SSSR count). The van der Waals surface area contributed by atoms with Gasteiger partial charge in [-0.25, -0.2) is 0 Å². The van der Waals surface area contributed by atoms with Crippen LogP contribution in [0.2, 0.25) is 0 Å². The lowest BCUT2D eigenvalue weighted by molar-refractivity contribution is 0.0794. The van der Waals surface area contributed by atoms with Gasteiger partial charge < -0.3 is 10.1 Å². The number of thiophene rings is 1. The second kappa shape index (κ2) is 6.66. The predicted octanol–water partition coefficient (Wildman–Crippen LogP) is 2.54. The minimum atomic E-state index is -0.0179. The largest absolute Gasteiger partial charge is 0.379 e. The van der Waals surface area contributed by atoms with Crippen LogP contribution in [0.4, 0.5) is 0 Å². The zero-order valence-electron chi connectivity index (χ0n) is 10.0. The lowest BCUT2D eigenvalue weighted by atomic mass is 10.2. The van der Waals surface area contributed by atoms with Crippen LogP contribution < -0.4 is 5.32 Å². The fourth-order valence-electron chi connectivity index (χ4n) is 1.22. The Hall–Kier alpha value is -0.870. The number of nitrogens with one attached hydrogen (secondary N) is 1. The van der Waals surface area contributed by atoms with Crippen LogP contribution >= 0.6 is 11.3 Å². The molecule has 90 valence electrons. The number of carbonyl (C=O) groups is 1. The molecule has 0 saturated heterocycles. The SMILES string of the molecule is CC(C)COCC(C)NC(=O)c1cccs1. The van der Waals surface area contributed by atoms with Gasteiger partial charge in [0.05, 0.1) is 11.5 Å². The molecule has 0 aromatic carbocycles. The van der Waals surface area contributed by atoms with Crippen molar-refractivity contribution in [2.24, 2.45) is 5.92 Å². The zero-order chi connectivity index (χ0) is 12.0. The number of hydrogen-bond acceptors (Lipinski definition) is 3. The van der Waals surface area contributed by atoms with E-state index >= 15 is 0 Å². The van der Waals surface area contributed by atoms with E-state index < -0.39 is 0 Å². The van der Waals surface area contributed by atoms with Crippen molar-refractivity contribution in [1.82, 2.24) is 5.32 Å². The molecule has 0 bridgehead atoms. The molecule has 1 unspecified atom stereocenters. The topological polar surface area (TPSA) is 38.3 Å². The summed E-state index contributed by atoms with van der Waals surface area (Å²) in [5, 5.41) is 4.80. The van der Waals surface area contributed by atoms with Crippen LogP contribution in [-0.4, -0.2) is 25.2 Å². The number of amides is 1. The Balaban J connectivity index is 2.24. The summed E-state index contributed by atoms with van der Waals surface area (Å²) >= 11 is 1.45. The van der Waals surface area contributed by atoms with Crippen molar-refractivity contribution in [3.8, 4) is 0 Å². The smallest absolute Gasteiger partial charge is 0.261 e. The van der Waals surface area contributed by atoms with E-state index in [-0.39, 0.29) is 11.9 Å². The molecule has 1 heterocycles. The van der Waals surface area contributed by atoms with Crippen molar-refractivity contribution >= 4 is 17.2 Å². The van der Waals surface area contributed by atoms with E-state index in [9.17, 15) is 4.79 Å². The molecule has 0 spiro atoms. The summed E-state index contributed by atoms with van der Waals surface area (Å²) in [6.07, 6.45) is 0. The van der Waals surface area contributed by atoms with Gasteiger partial charge in [0.15, 0.2) is 0 Å². The monoisotopic (exact) mass is 241 g/mol. The van der Waals surface area contributed by atoms with Crippen molar-refractivity contribution in [1.29, 1.82) is 0 Å². The predicted molar refractivity (Wildman–Crippen MR) is 66.9 cm³/mol. The van der Waals surface area contributed by atoms with Crippen LogP contribution in [0.5, 0.6) is 0 Å². The van der Waals surface area contributed by atoms with Crippen LogP contribution in [-0.2, 0) is 4.74 Å². The molecule has 0 aliphatic heterocycles. The van der Waals surface area contributed by atoms with Gasteiger partial charge in [0.2, 0.25) is 0 Å². The highest BCUT2D eigenvalue weighted by Crippen LogP contribution is 2.08. The van der Waals surface area contributed by atoms with Gasteiger partial charge in [-0.2, -0.15) is 0 Å². The number of carbonyl (C=O) groups excluding carboxylic acids is 1. The van der Waals surface area contributed by atoms with Crippen molar-refractivity contribution in [2.45, 2.75) is 26.8 Å². The highest BCUT2D eigenvalue weighted by molar-refractivity contribution is 7.12. The molecular formula is C12H19NO2S. The highest BCUT2D eigenvalue weighted by atomic mass is 32.1. The van der Waals surface area contributed by atoms with Crippen molar-refractivity contribution in [2.75, 3.05) is 13.2 Å². The molecule has 0 fully saturated rings. The molecule has 0 aliphatic carbocycles. The number of ether oxygens (including phenoxy) is 1. The van der Waals surface area contributed by atoms with Gasteiger partial charge in [-0.3, -0.25) is 4.79 Å². The van der Waals surface area contributed by atoms with E-state index in [2.05, 4.69) is 19.2 Å². The summed E-state index contributed by atoms with van der Waals surface area (Å²) in [7, 11) is 0. The van der Waals surface area contributed by atoms with E-state index in [1.54, 1.807) is 0 Å². The molecule has 1 aromatic heterocycles. The summed E-state index contributed by atoms with van der Waals surface area (Å²) in [6.45, 7) is 7.46. The fraction of sp³-hybridized carbons (Fsp3) is 0.583. The summed E-state index contributed by atoms with van der Waals surface area (Å²) in [5.74, 6) is 0.510. The highest BCUT2D eigenvalue weighted by Gasteiger charge is 2.10. The zero-order valence-corrected chi connectivity index (χ0v) is 10.8. The Morgan fingerprint density at radius 1 is 1.44 bits per heavy atom. The summed E-state index contributed by atoms with van der Waals surface area (Å²) in [6, 6.07) is 3.75. The third-order valence-corrected chi connectivity index (χ3v) is 2.81. The van der Waals surface area contributed by atoms with Crippen LogP contribution in [0.15, 0.2) is 17.5 Å². The minimum Gasteiger partial charge on any atom is -0.379 e. The average molecular weight is 241 g/mol. The second-order valence-corrected chi connectivity index (χ2v) is 5.23. The van der Waals surface area contributed by atoms with Crippen LogP contribution in [0.25, 0.3) is 0 Å². The van der Waals surface area contributed by atoms with E-state index in [0.29, 0.717) is 12.5 Å². The molecule has 1 aromatic rings. The lowest BCUT2D eigenvalue weighted by Gasteiger charge is -2.14. The van der Waals surface area contributed by atoms with Gasteiger partial charge in [-0.1, -0.05) is 19.9 Å². The quantitative estimate of drug-likeness (QED) is 0.831. The second-order valence-electron chi connectivity index (χ2n) is 4.28. The van der Waals surface area contributed by atoms with Gasteiger partial charge in [0.25, 0.3) is 5.91 Å². The molecule has 0 saturated carbocycles. The molecule has 3 nitrogen and oxygen atoms in total. The fourth-order valence-corrected chi connectivity index (χ4v) is 1.85. The first-order valence-corrected chi connectivity index (χ1v) is 6.39. The van der Waals surface area contributed by atoms with Crippen LogP contribution in [0.3, 0.4) is 0 Å². The molecule has 1 amide bonds. The van der Waals surface area contributed by atoms with E-state index in [0.717, 1.165) is 11.5 Å². The normalized spacial score (nSPS) is 12.8. The Bertz CT molecular complexity index is 309. The Morgan fingerprint density at radius 2 is 2.19 bits per heavy atom. The van der Waals surface area contributed by atoms with Gasteiger partial charge in [-0.05, 0) is 24.3 Å². The molecule has 1 N–H and O–H groups in total. The molecule has 1 atom stereocenters. The third kappa shape index (κ3) is 4.77. The van der Waals surface area contributed by atoms with E-state index in [1.165, 1.54) is 11.3 Å².